The molecule has 0 aliphatic carbocycles. The van der Waals surface area contributed by atoms with Crippen LogP contribution >= 0.6 is 0 Å². The summed E-state index contributed by atoms with van der Waals surface area (Å²) in [4.78, 5) is 0. The number of halogens is 3. The average molecular weight is 295 g/mol. The molecular weight excluding hydrogens is 279 g/mol. The number of aliphatic hydroxyl groups excluding tert-OH is 1. The molecule has 2 aromatic rings. The highest BCUT2D eigenvalue weighted by Crippen LogP contribution is 2.31. The first kappa shape index (κ1) is 15.4. The largest absolute Gasteiger partial charge is 0.416 e. The molecular formula is C16H16F3NO. The van der Waals surface area contributed by atoms with Crippen molar-refractivity contribution in [3.8, 4) is 0 Å². The number of hydrogen-bond donors (Lipinski definition) is 2. The topological polar surface area (TPSA) is 32.3 Å². The molecule has 0 bridgehead atoms. The van der Waals surface area contributed by atoms with Gasteiger partial charge in [-0.15, -0.1) is 0 Å². The highest BCUT2D eigenvalue weighted by Gasteiger charge is 2.30. The molecule has 0 aromatic heterocycles. The second-order valence-electron chi connectivity index (χ2n) is 4.97. The van der Waals surface area contributed by atoms with Crippen molar-refractivity contribution in [1.29, 1.82) is 0 Å². The van der Waals surface area contributed by atoms with Gasteiger partial charge >= 0.3 is 6.18 Å². The molecule has 0 fully saturated rings. The third-order valence-electron chi connectivity index (χ3n) is 3.34. The molecule has 21 heavy (non-hydrogen) atoms. The van der Waals surface area contributed by atoms with Gasteiger partial charge < -0.3 is 10.4 Å². The number of alkyl halides is 3. The molecule has 2 rings (SSSR count). The minimum Gasteiger partial charge on any atom is -0.369 e. The standard InChI is InChI=1S/C16H16F3NO/c1-10-6-7-12(8-11(10)2)15(21)20-14-5-3-4-13(9-14)16(17,18)19/h3-9,15,20-21H,1-2H3. The molecule has 2 aromatic carbocycles. The molecule has 0 saturated heterocycles. The third-order valence-corrected chi connectivity index (χ3v) is 3.34. The molecule has 0 radical (unpaired) electrons. The van der Waals surface area contributed by atoms with Gasteiger partial charge in [0.15, 0.2) is 6.23 Å². The summed E-state index contributed by atoms with van der Waals surface area (Å²) in [5.41, 5.74) is 2.17. The molecule has 2 N–H and O–H groups in total. The van der Waals surface area contributed by atoms with Crippen LogP contribution in [-0.4, -0.2) is 5.11 Å². The lowest BCUT2D eigenvalue weighted by Gasteiger charge is -2.17. The molecule has 1 atom stereocenters. The van der Waals surface area contributed by atoms with Crippen molar-refractivity contribution in [3.63, 3.8) is 0 Å². The first-order valence-corrected chi connectivity index (χ1v) is 6.46. The van der Waals surface area contributed by atoms with Crippen LogP contribution < -0.4 is 5.32 Å². The number of nitrogens with one attached hydrogen (secondary N) is 1. The van der Waals surface area contributed by atoms with Gasteiger partial charge in [0.1, 0.15) is 0 Å². The van der Waals surface area contributed by atoms with Crippen molar-refractivity contribution in [2.24, 2.45) is 0 Å². The van der Waals surface area contributed by atoms with Gasteiger partial charge in [0.25, 0.3) is 0 Å². The summed E-state index contributed by atoms with van der Waals surface area (Å²) in [5, 5.41) is 12.8. The van der Waals surface area contributed by atoms with E-state index in [1.165, 1.54) is 12.1 Å². The summed E-state index contributed by atoms with van der Waals surface area (Å²) >= 11 is 0. The molecule has 2 nitrogen and oxygen atoms in total. The normalized spacial score (nSPS) is 13.0. The molecule has 0 spiro atoms. The summed E-state index contributed by atoms with van der Waals surface area (Å²) in [6, 6.07) is 10.2. The Hall–Kier alpha value is -2.01. The number of aliphatic hydroxyl groups is 1. The predicted molar refractivity (Wildman–Crippen MR) is 75.9 cm³/mol. The van der Waals surface area contributed by atoms with E-state index in [-0.39, 0.29) is 5.69 Å². The highest BCUT2D eigenvalue weighted by molar-refractivity contribution is 5.48. The maximum absolute atomic E-state index is 12.6. The van der Waals surface area contributed by atoms with Gasteiger partial charge in [-0.2, -0.15) is 13.2 Å². The lowest BCUT2D eigenvalue weighted by atomic mass is 10.1. The van der Waals surface area contributed by atoms with Crippen LogP contribution in [-0.2, 0) is 6.18 Å². The van der Waals surface area contributed by atoms with Gasteiger partial charge in [-0.3, -0.25) is 0 Å². The highest BCUT2D eigenvalue weighted by atomic mass is 19.4. The molecule has 5 heteroatoms. The predicted octanol–water partition coefficient (Wildman–Crippen LogP) is 4.43. The van der Waals surface area contributed by atoms with Crippen LogP contribution in [0.25, 0.3) is 0 Å². The van der Waals surface area contributed by atoms with Crippen molar-refractivity contribution < 1.29 is 18.3 Å². The van der Waals surface area contributed by atoms with Gasteiger partial charge in [-0.05, 0) is 43.2 Å². The second kappa shape index (κ2) is 5.77. The van der Waals surface area contributed by atoms with E-state index in [2.05, 4.69) is 5.32 Å². The van der Waals surface area contributed by atoms with E-state index < -0.39 is 18.0 Å². The first-order valence-electron chi connectivity index (χ1n) is 6.46. The van der Waals surface area contributed by atoms with E-state index >= 15 is 0 Å². The van der Waals surface area contributed by atoms with Crippen molar-refractivity contribution in [1.82, 2.24) is 0 Å². The van der Waals surface area contributed by atoms with Crippen molar-refractivity contribution in [2.75, 3.05) is 5.32 Å². The average Bonchev–Trinajstić information content (AvgIpc) is 2.41. The zero-order chi connectivity index (χ0) is 15.6. The number of rotatable bonds is 3. The fourth-order valence-corrected chi connectivity index (χ4v) is 1.96. The van der Waals surface area contributed by atoms with Crippen LogP contribution in [0.5, 0.6) is 0 Å². The Balaban J connectivity index is 2.19. The first-order chi connectivity index (χ1) is 9.77. The maximum atomic E-state index is 12.6. The van der Waals surface area contributed by atoms with Crippen LogP contribution in [0, 0.1) is 13.8 Å². The smallest absolute Gasteiger partial charge is 0.369 e. The third kappa shape index (κ3) is 3.76. The van der Waals surface area contributed by atoms with E-state index in [4.69, 9.17) is 0 Å². The van der Waals surface area contributed by atoms with Crippen LogP contribution in [0.4, 0.5) is 18.9 Å². The van der Waals surface area contributed by atoms with Crippen LogP contribution in [0.3, 0.4) is 0 Å². The minimum absolute atomic E-state index is 0.218. The second-order valence-corrected chi connectivity index (χ2v) is 4.97. The van der Waals surface area contributed by atoms with Crippen molar-refractivity contribution in [3.05, 3.63) is 64.7 Å². The zero-order valence-corrected chi connectivity index (χ0v) is 11.7. The Morgan fingerprint density at radius 3 is 2.33 bits per heavy atom. The number of benzene rings is 2. The van der Waals surface area contributed by atoms with Crippen LogP contribution in [0.2, 0.25) is 0 Å². The van der Waals surface area contributed by atoms with Gasteiger partial charge in [0.05, 0.1) is 5.56 Å². The summed E-state index contributed by atoms with van der Waals surface area (Å²) < 4.78 is 37.9. The van der Waals surface area contributed by atoms with E-state index in [1.807, 2.05) is 19.9 Å². The molecule has 1 unspecified atom stereocenters. The monoisotopic (exact) mass is 295 g/mol. The van der Waals surface area contributed by atoms with Gasteiger partial charge in [-0.25, -0.2) is 0 Å². The van der Waals surface area contributed by atoms with E-state index in [1.54, 1.807) is 12.1 Å². The summed E-state index contributed by atoms with van der Waals surface area (Å²) in [7, 11) is 0. The fourth-order valence-electron chi connectivity index (χ4n) is 1.96. The Bertz CT molecular complexity index is 638. The number of anilines is 1. The Morgan fingerprint density at radius 1 is 1.00 bits per heavy atom. The molecule has 0 saturated carbocycles. The number of hydrogen-bond acceptors (Lipinski definition) is 2. The molecule has 112 valence electrons. The maximum Gasteiger partial charge on any atom is 0.416 e. The van der Waals surface area contributed by atoms with Gasteiger partial charge in [0.2, 0.25) is 0 Å². The van der Waals surface area contributed by atoms with Gasteiger partial charge in [0, 0.05) is 11.3 Å². The fraction of sp³-hybridized carbons (Fsp3) is 0.250. The van der Waals surface area contributed by atoms with Crippen molar-refractivity contribution >= 4 is 5.69 Å². The molecule has 0 aliphatic heterocycles. The van der Waals surface area contributed by atoms with E-state index in [0.717, 1.165) is 23.3 Å². The summed E-state index contributed by atoms with van der Waals surface area (Å²) in [5.74, 6) is 0. The Labute approximate surface area is 121 Å². The van der Waals surface area contributed by atoms with Crippen LogP contribution in [0.15, 0.2) is 42.5 Å². The minimum atomic E-state index is -4.40. The SMILES string of the molecule is Cc1ccc(C(O)Nc2cccc(C(F)(F)F)c2)cc1C. The lowest BCUT2D eigenvalue weighted by molar-refractivity contribution is -0.137. The summed E-state index contributed by atoms with van der Waals surface area (Å²) in [6.07, 6.45) is -5.46. The van der Waals surface area contributed by atoms with Crippen LogP contribution in [0.1, 0.15) is 28.5 Å². The lowest BCUT2D eigenvalue weighted by Crippen LogP contribution is -2.11. The number of aryl methyl sites for hydroxylation is 2. The molecule has 0 heterocycles. The zero-order valence-electron chi connectivity index (χ0n) is 11.7. The van der Waals surface area contributed by atoms with E-state index in [9.17, 15) is 18.3 Å². The summed E-state index contributed by atoms with van der Waals surface area (Å²) in [6.45, 7) is 3.86. The quantitative estimate of drug-likeness (QED) is 0.821. The van der Waals surface area contributed by atoms with E-state index in [0.29, 0.717) is 5.56 Å². The van der Waals surface area contributed by atoms with Gasteiger partial charge in [-0.1, -0.05) is 24.3 Å². The van der Waals surface area contributed by atoms with Crippen molar-refractivity contribution in [2.45, 2.75) is 26.3 Å². The molecule has 0 amide bonds. The Kier molecular flexibility index (Phi) is 4.23. The Morgan fingerprint density at radius 2 is 1.71 bits per heavy atom. The molecule has 0 aliphatic rings.